The summed E-state index contributed by atoms with van der Waals surface area (Å²) >= 11 is 4.77. The van der Waals surface area contributed by atoms with Crippen molar-refractivity contribution >= 4 is 45.1 Å². The van der Waals surface area contributed by atoms with E-state index in [-0.39, 0.29) is 10.8 Å². The summed E-state index contributed by atoms with van der Waals surface area (Å²) in [7, 11) is 0. The molecule has 3 heterocycles. The van der Waals surface area contributed by atoms with Gasteiger partial charge in [0.2, 0.25) is 0 Å². The van der Waals surface area contributed by atoms with E-state index in [1.165, 1.54) is 16.0 Å². The molecular formula is C19H17N3OS3. The molecule has 0 aliphatic carbocycles. The smallest absolute Gasteiger partial charge is 0.267 e. The number of aromatic nitrogens is 2. The Labute approximate surface area is 164 Å². The van der Waals surface area contributed by atoms with Crippen molar-refractivity contribution in [1.29, 1.82) is 5.26 Å². The maximum Gasteiger partial charge on any atom is 0.267 e. The van der Waals surface area contributed by atoms with Crippen LogP contribution in [0.3, 0.4) is 0 Å². The zero-order chi connectivity index (χ0) is 18.3. The number of nitrogens with zero attached hydrogens (tertiary/aromatic N) is 3. The Morgan fingerprint density at radius 3 is 3.04 bits per heavy atom. The Kier molecular flexibility index (Phi) is 4.82. The fraction of sp³-hybridized carbons (Fsp3) is 0.316. The van der Waals surface area contributed by atoms with Crippen LogP contribution in [-0.4, -0.2) is 20.6 Å². The third-order valence-corrected chi connectivity index (χ3v) is 7.75. The molecule has 0 radical (unpaired) electrons. The van der Waals surface area contributed by atoms with Crippen molar-refractivity contribution in [2.24, 2.45) is 0 Å². The number of thioether (sulfide) groups is 2. The van der Waals surface area contributed by atoms with Gasteiger partial charge in [0, 0.05) is 0 Å². The van der Waals surface area contributed by atoms with Gasteiger partial charge in [-0.15, -0.1) is 23.1 Å². The second-order valence-electron chi connectivity index (χ2n) is 6.26. The average Bonchev–Trinajstić information content (AvgIpc) is 3.00. The van der Waals surface area contributed by atoms with Gasteiger partial charge in [-0.25, -0.2) is 4.98 Å². The maximum atomic E-state index is 13.5. The van der Waals surface area contributed by atoms with E-state index in [9.17, 15) is 10.1 Å². The van der Waals surface area contributed by atoms with Gasteiger partial charge in [-0.1, -0.05) is 23.9 Å². The highest BCUT2D eigenvalue weighted by molar-refractivity contribution is 8.01. The van der Waals surface area contributed by atoms with Crippen LogP contribution in [0.25, 0.3) is 15.9 Å². The molecule has 0 saturated heterocycles. The minimum atomic E-state index is -0.278. The molecule has 0 fully saturated rings. The molecule has 4 rings (SSSR count). The van der Waals surface area contributed by atoms with E-state index in [0.717, 1.165) is 45.6 Å². The van der Waals surface area contributed by atoms with Crippen LogP contribution in [0.1, 0.15) is 24.5 Å². The molecule has 1 aromatic carbocycles. The van der Waals surface area contributed by atoms with Crippen LogP contribution in [-0.2, 0) is 6.42 Å². The van der Waals surface area contributed by atoms with Crippen LogP contribution < -0.4 is 5.56 Å². The lowest BCUT2D eigenvalue weighted by Crippen LogP contribution is -2.22. The van der Waals surface area contributed by atoms with Gasteiger partial charge in [0.05, 0.1) is 26.6 Å². The van der Waals surface area contributed by atoms with Crippen molar-refractivity contribution in [1.82, 2.24) is 9.55 Å². The number of rotatable bonds is 3. The van der Waals surface area contributed by atoms with Crippen LogP contribution in [0, 0.1) is 18.3 Å². The molecule has 1 aliphatic heterocycles. The summed E-state index contributed by atoms with van der Waals surface area (Å²) in [5.41, 5.74) is 3.03. The molecule has 132 valence electrons. The van der Waals surface area contributed by atoms with E-state index in [0.29, 0.717) is 5.16 Å². The second kappa shape index (κ2) is 7.10. The Morgan fingerprint density at radius 1 is 1.42 bits per heavy atom. The van der Waals surface area contributed by atoms with Gasteiger partial charge < -0.3 is 0 Å². The van der Waals surface area contributed by atoms with Gasteiger partial charge in [-0.2, -0.15) is 5.26 Å². The Bertz CT molecular complexity index is 1090. The molecule has 0 N–H and O–H groups in total. The molecule has 7 heteroatoms. The predicted molar refractivity (Wildman–Crippen MR) is 110 cm³/mol. The Hall–Kier alpha value is -1.75. The summed E-state index contributed by atoms with van der Waals surface area (Å²) in [6.07, 6.45) is 2.03. The van der Waals surface area contributed by atoms with E-state index in [4.69, 9.17) is 4.98 Å². The number of hydrogen-bond donors (Lipinski definition) is 0. The van der Waals surface area contributed by atoms with Crippen LogP contribution in [0.5, 0.6) is 0 Å². The van der Waals surface area contributed by atoms with E-state index in [1.54, 1.807) is 15.9 Å². The third kappa shape index (κ3) is 3.07. The summed E-state index contributed by atoms with van der Waals surface area (Å²) in [5.74, 6) is 1.10. The topological polar surface area (TPSA) is 58.7 Å². The van der Waals surface area contributed by atoms with Crippen molar-refractivity contribution in [2.45, 2.75) is 41.3 Å². The minimum Gasteiger partial charge on any atom is -0.268 e. The lowest BCUT2D eigenvalue weighted by atomic mass is 10.1. The number of hydrogen-bond acceptors (Lipinski definition) is 6. The summed E-state index contributed by atoms with van der Waals surface area (Å²) < 4.78 is 2.90. The molecule has 3 aromatic rings. The first-order valence-electron chi connectivity index (χ1n) is 8.43. The largest absolute Gasteiger partial charge is 0.268 e. The van der Waals surface area contributed by atoms with Crippen LogP contribution in [0.2, 0.25) is 0 Å². The molecule has 0 spiro atoms. The SMILES string of the molecule is Cc1cccc(-n2c(S[C@H](C)C#N)nc3sc4c(c3c2=O)CCCS4)c1. The van der Waals surface area contributed by atoms with Gasteiger partial charge in [0.15, 0.2) is 5.16 Å². The van der Waals surface area contributed by atoms with Crippen LogP contribution >= 0.6 is 34.9 Å². The number of fused-ring (bicyclic) bond motifs is 3. The third-order valence-electron chi connectivity index (χ3n) is 4.28. The van der Waals surface area contributed by atoms with Gasteiger partial charge in [-0.3, -0.25) is 9.36 Å². The van der Waals surface area contributed by atoms with E-state index in [2.05, 4.69) is 6.07 Å². The highest BCUT2D eigenvalue weighted by Gasteiger charge is 2.24. The van der Waals surface area contributed by atoms with Crippen molar-refractivity contribution in [3.8, 4) is 11.8 Å². The van der Waals surface area contributed by atoms with Gasteiger partial charge >= 0.3 is 0 Å². The van der Waals surface area contributed by atoms with Crippen molar-refractivity contribution in [3.63, 3.8) is 0 Å². The maximum absolute atomic E-state index is 13.5. The normalized spacial score (nSPS) is 14.8. The number of benzene rings is 1. The van der Waals surface area contributed by atoms with Crippen LogP contribution in [0.15, 0.2) is 38.4 Å². The molecule has 26 heavy (non-hydrogen) atoms. The lowest BCUT2D eigenvalue weighted by Gasteiger charge is -2.14. The first-order chi connectivity index (χ1) is 12.6. The van der Waals surface area contributed by atoms with Gasteiger partial charge in [0.1, 0.15) is 4.83 Å². The number of aryl methyl sites for hydroxylation is 2. The highest BCUT2D eigenvalue weighted by Crippen LogP contribution is 2.41. The molecule has 0 amide bonds. The molecule has 2 aromatic heterocycles. The standard InChI is InChI=1S/C19H17N3OS3/c1-11-5-3-6-13(9-11)22-17(23)15-14-7-4-8-24-18(14)26-16(15)21-19(22)25-12(2)10-20/h3,5-6,9,12H,4,7-8H2,1-2H3/t12-/m1/s1. The second-order valence-corrected chi connectivity index (χ2v) is 9.93. The summed E-state index contributed by atoms with van der Waals surface area (Å²) in [4.78, 5) is 19.1. The number of nitriles is 1. The first-order valence-corrected chi connectivity index (χ1v) is 11.1. The Morgan fingerprint density at radius 2 is 2.27 bits per heavy atom. The molecule has 0 bridgehead atoms. The molecule has 1 atom stereocenters. The van der Waals surface area contributed by atoms with Gasteiger partial charge in [-0.05, 0) is 55.7 Å². The fourth-order valence-corrected chi connectivity index (χ4v) is 6.47. The summed E-state index contributed by atoms with van der Waals surface area (Å²) in [6.45, 7) is 3.84. The molecule has 0 unspecified atom stereocenters. The quantitative estimate of drug-likeness (QED) is 0.468. The summed E-state index contributed by atoms with van der Waals surface area (Å²) in [6, 6.07) is 10.1. The van der Waals surface area contributed by atoms with Gasteiger partial charge in [0.25, 0.3) is 5.56 Å². The highest BCUT2D eigenvalue weighted by atomic mass is 32.2. The summed E-state index contributed by atoms with van der Waals surface area (Å²) in [5, 5.41) is 10.3. The lowest BCUT2D eigenvalue weighted by molar-refractivity contribution is 0.816. The molecule has 1 aliphatic rings. The monoisotopic (exact) mass is 399 g/mol. The zero-order valence-electron chi connectivity index (χ0n) is 14.5. The fourth-order valence-electron chi connectivity index (χ4n) is 3.08. The van der Waals surface area contributed by atoms with Crippen LogP contribution in [0.4, 0.5) is 0 Å². The van der Waals surface area contributed by atoms with E-state index < -0.39 is 0 Å². The van der Waals surface area contributed by atoms with Crippen molar-refractivity contribution in [3.05, 3.63) is 45.7 Å². The zero-order valence-corrected chi connectivity index (χ0v) is 16.9. The molecule has 4 nitrogen and oxygen atoms in total. The molecule has 0 saturated carbocycles. The van der Waals surface area contributed by atoms with E-state index in [1.807, 2.05) is 49.9 Å². The average molecular weight is 400 g/mol. The number of thiophene rings is 1. The van der Waals surface area contributed by atoms with Crippen molar-refractivity contribution < 1.29 is 0 Å². The predicted octanol–water partition coefficient (Wildman–Crippen LogP) is 4.80. The first kappa shape index (κ1) is 17.7. The minimum absolute atomic E-state index is 0.0201. The van der Waals surface area contributed by atoms with E-state index >= 15 is 0 Å². The molecular weight excluding hydrogens is 382 g/mol. The Balaban J connectivity index is 2.03. The van der Waals surface area contributed by atoms with Crippen molar-refractivity contribution in [2.75, 3.05) is 5.75 Å².